The van der Waals surface area contributed by atoms with E-state index in [9.17, 15) is 0 Å². The van der Waals surface area contributed by atoms with Gasteiger partial charge in [0.1, 0.15) is 0 Å². The molecule has 4 N–H and O–H groups in total. The van der Waals surface area contributed by atoms with E-state index in [0.29, 0.717) is 6.54 Å². The SMILES string of the molecule is NC(=S)N(N)Cc1ccc(Br)cc1. The van der Waals surface area contributed by atoms with Gasteiger partial charge in [-0.05, 0) is 29.9 Å². The fraction of sp³-hybridized carbons (Fsp3) is 0.125. The first kappa shape index (κ1) is 10.4. The van der Waals surface area contributed by atoms with Crippen LogP contribution in [0.15, 0.2) is 28.7 Å². The summed E-state index contributed by atoms with van der Waals surface area (Å²) >= 11 is 8.06. The topological polar surface area (TPSA) is 55.3 Å². The summed E-state index contributed by atoms with van der Waals surface area (Å²) in [6, 6.07) is 7.82. The van der Waals surface area contributed by atoms with Crippen LogP contribution in [0.1, 0.15) is 5.56 Å². The van der Waals surface area contributed by atoms with Crippen LogP contribution in [0.4, 0.5) is 0 Å². The Kier molecular flexibility index (Phi) is 3.65. The molecule has 0 bridgehead atoms. The van der Waals surface area contributed by atoms with Crippen molar-refractivity contribution in [3.63, 3.8) is 0 Å². The van der Waals surface area contributed by atoms with E-state index in [1.165, 1.54) is 5.01 Å². The molecule has 0 aliphatic rings. The zero-order chi connectivity index (χ0) is 9.84. The van der Waals surface area contributed by atoms with Crippen molar-refractivity contribution < 1.29 is 0 Å². The van der Waals surface area contributed by atoms with Gasteiger partial charge in [0.15, 0.2) is 5.11 Å². The Morgan fingerprint density at radius 1 is 1.38 bits per heavy atom. The lowest BCUT2D eigenvalue weighted by Crippen LogP contribution is -2.40. The molecule has 70 valence electrons. The summed E-state index contributed by atoms with van der Waals surface area (Å²) in [6.07, 6.45) is 0. The van der Waals surface area contributed by atoms with Crippen molar-refractivity contribution in [2.24, 2.45) is 11.6 Å². The van der Waals surface area contributed by atoms with Gasteiger partial charge in [-0.25, -0.2) is 5.84 Å². The molecule has 5 heteroatoms. The Labute approximate surface area is 90.8 Å². The fourth-order valence-corrected chi connectivity index (χ4v) is 1.19. The maximum absolute atomic E-state index is 5.54. The predicted molar refractivity (Wildman–Crippen MR) is 60.7 cm³/mol. The molecule has 13 heavy (non-hydrogen) atoms. The molecule has 3 nitrogen and oxygen atoms in total. The van der Waals surface area contributed by atoms with Crippen LogP contribution in [0.3, 0.4) is 0 Å². The minimum absolute atomic E-state index is 0.197. The molecule has 0 aliphatic carbocycles. The molecule has 0 aliphatic heterocycles. The molecular weight excluding hydrogens is 250 g/mol. The van der Waals surface area contributed by atoms with Crippen LogP contribution < -0.4 is 11.6 Å². The molecule has 0 aromatic heterocycles. The van der Waals surface area contributed by atoms with Crippen molar-refractivity contribution in [1.29, 1.82) is 0 Å². The van der Waals surface area contributed by atoms with Crippen LogP contribution in [0.5, 0.6) is 0 Å². The second-order valence-electron chi connectivity index (χ2n) is 2.59. The summed E-state index contributed by atoms with van der Waals surface area (Å²) in [5.41, 5.74) is 6.40. The third kappa shape index (κ3) is 3.30. The predicted octanol–water partition coefficient (Wildman–Crippen LogP) is 1.37. The van der Waals surface area contributed by atoms with E-state index < -0.39 is 0 Å². The molecule has 0 radical (unpaired) electrons. The minimum Gasteiger partial charge on any atom is -0.375 e. The van der Waals surface area contributed by atoms with Gasteiger partial charge in [-0.2, -0.15) is 0 Å². The van der Waals surface area contributed by atoms with Crippen molar-refractivity contribution in [2.45, 2.75) is 6.54 Å². The highest BCUT2D eigenvalue weighted by molar-refractivity contribution is 9.10. The number of thiocarbonyl (C=S) groups is 1. The minimum atomic E-state index is 0.197. The standard InChI is InChI=1S/C8H10BrN3S/c9-7-3-1-6(2-4-7)5-12(11)8(10)13/h1-4H,5,11H2,(H2,10,13). The van der Waals surface area contributed by atoms with Crippen LogP contribution in [-0.2, 0) is 6.54 Å². The van der Waals surface area contributed by atoms with Crippen LogP contribution in [0, 0.1) is 0 Å². The van der Waals surface area contributed by atoms with Crippen molar-refractivity contribution in [3.05, 3.63) is 34.3 Å². The molecule has 0 spiro atoms. The van der Waals surface area contributed by atoms with Crippen LogP contribution in [-0.4, -0.2) is 10.1 Å². The van der Waals surface area contributed by atoms with Gasteiger partial charge in [-0.15, -0.1) is 0 Å². The van der Waals surface area contributed by atoms with Gasteiger partial charge in [0.2, 0.25) is 0 Å². The van der Waals surface area contributed by atoms with Crippen LogP contribution in [0.25, 0.3) is 0 Å². The summed E-state index contributed by atoms with van der Waals surface area (Å²) in [6.45, 7) is 0.530. The molecule has 0 saturated heterocycles. The van der Waals surface area contributed by atoms with Gasteiger partial charge in [0.05, 0.1) is 6.54 Å². The second-order valence-corrected chi connectivity index (χ2v) is 3.93. The molecule has 0 saturated carbocycles. The third-order valence-electron chi connectivity index (χ3n) is 1.55. The Balaban J connectivity index is 2.64. The highest BCUT2D eigenvalue weighted by Gasteiger charge is 2.00. The first-order valence-electron chi connectivity index (χ1n) is 3.65. The van der Waals surface area contributed by atoms with E-state index in [2.05, 4.69) is 15.9 Å². The van der Waals surface area contributed by atoms with E-state index in [1.54, 1.807) is 0 Å². The number of rotatable bonds is 2. The fourth-order valence-electron chi connectivity index (χ4n) is 0.864. The molecule has 0 amide bonds. The van der Waals surface area contributed by atoms with Crippen molar-refractivity contribution in [2.75, 3.05) is 0 Å². The van der Waals surface area contributed by atoms with E-state index in [1.807, 2.05) is 24.3 Å². The van der Waals surface area contributed by atoms with Crippen LogP contribution in [0.2, 0.25) is 0 Å². The Morgan fingerprint density at radius 2 is 1.92 bits per heavy atom. The summed E-state index contributed by atoms with van der Waals surface area (Å²) in [5.74, 6) is 5.54. The summed E-state index contributed by atoms with van der Waals surface area (Å²) in [4.78, 5) is 0. The highest BCUT2D eigenvalue weighted by Crippen LogP contribution is 2.11. The van der Waals surface area contributed by atoms with Crippen molar-refractivity contribution in [1.82, 2.24) is 5.01 Å². The van der Waals surface area contributed by atoms with Gasteiger partial charge < -0.3 is 5.73 Å². The van der Waals surface area contributed by atoms with Crippen molar-refractivity contribution in [3.8, 4) is 0 Å². The molecule has 1 rings (SSSR count). The number of hydrazine groups is 1. The number of hydrogen-bond acceptors (Lipinski definition) is 2. The van der Waals surface area contributed by atoms with E-state index in [-0.39, 0.29) is 5.11 Å². The zero-order valence-electron chi connectivity index (χ0n) is 6.90. The average Bonchev–Trinajstić information content (AvgIpc) is 2.08. The van der Waals surface area contributed by atoms with E-state index in [4.69, 9.17) is 23.8 Å². The molecule has 0 unspecified atom stereocenters. The number of benzene rings is 1. The highest BCUT2D eigenvalue weighted by atomic mass is 79.9. The van der Waals surface area contributed by atoms with Crippen LogP contribution >= 0.6 is 28.1 Å². The molecule has 0 heterocycles. The summed E-state index contributed by atoms with van der Waals surface area (Å²) in [5, 5.41) is 1.53. The van der Waals surface area contributed by atoms with Gasteiger partial charge >= 0.3 is 0 Å². The number of nitrogens with two attached hydrogens (primary N) is 2. The average molecular weight is 260 g/mol. The summed E-state index contributed by atoms with van der Waals surface area (Å²) in [7, 11) is 0. The lowest BCUT2D eigenvalue weighted by atomic mass is 10.2. The molecule has 1 aromatic carbocycles. The lowest BCUT2D eigenvalue weighted by molar-refractivity contribution is 0.437. The maximum Gasteiger partial charge on any atom is 0.180 e. The number of hydrogen-bond donors (Lipinski definition) is 2. The Bertz CT molecular complexity index is 299. The molecule has 0 atom stereocenters. The first-order valence-corrected chi connectivity index (χ1v) is 4.86. The van der Waals surface area contributed by atoms with Crippen molar-refractivity contribution >= 4 is 33.3 Å². The largest absolute Gasteiger partial charge is 0.375 e. The lowest BCUT2D eigenvalue weighted by Gasteiger charge is -2.15. The van der Waals surface area contributed by atoms with Gasteiger partial charge in [-0.3, -0.25) is 5.01 Å². The smallest absolute Gasteiger partial charge is 0.180 e. The number of halogens is 1. The number of nitrogens with zero attached hydrogens (tertiary/aromatic N) is 1. The van der Waals surface area contributed by atoms with Gasteiger partial charge in [0, 0.05) is 4.47 Å². The third-order valence-corrected chi connectivity index (χ3v) is 2.31. The maximum atomic E-state index is 5.54. The molecular formula is C8H10BrN3S. The zero-order valence-corrected chi connectivity index (χ0v) is 9.31. The molecule has 0 fully saturated rings. The Hall–Kier alpha value is -0.650. The normalized spacial score (nSPS) is 9.69. The summed E-state index contributed by atoms with van der Waals surface area (Å²) < 4.78 is 1.04. The quantitative estimate of drug-likeness (QED) is 0.479. The van der Waals surface area contributed by atoms with E-state index >= 15 is 0 Å². The second kappa shape index (κ2) is 4.55. The monoisotopic (exact) mass is 259 g/mol. The van der Waals surface area contributed by atoms with Gasteiger partial charge in [0.25, 0.3) is 0 Å². The first-order chi connectivity index (χ1) is 6.09. The molecule has 1 aromatic rings. The Morgan fingerprint density at radius 3 is 2.38 bits per heavy atom. The van der Waals surface area contributed by atoms with Gasteiger partial charge in [-0.1, -0.05) is 28.1 Å². The van der Waals surface area contributed by atoms with E-state index in [0.717, 1.165) is 10.0 Å².